The van der Waals surface area contributed by atoms with E-state index in [1.165, 1.54) is 4.90 Å². The standard InChI is InChI=1S/C46H62N4O10S/c1-6-29-23-46(29,43(54)49-61(55,56)45(5)16-17-45)24-37(51)36-21-30-26-50(36)42(53)34(44(2,3)4)22-39(52)60-38-20-28(38)12-8-7-9-14-33-40(58-27-31-25-47-18-19-57-31)32-13-10-11-15-35(32)48-41(33)59-30/h6,10-11,13,15,28-31,34,36,38,47H,1,7-9,12,14,16-27H2,2-5H3,(H,49,54)/t28-,29-,30-,31-,34-,36+,38-,46-/m1/s1. The van der Waals surface area contributed by atoms with Crippen LogP contribution in [0.1, 0.15) is 104 Å². The fraction of sp³-hybridized carbons (Fsp3) is 0.674. The molecule has 2 amide bonds. The molecule has 2 aromatic rings. The number of nitrogens with one attached hydrogen (secondary N) is 2. The summed E-state index contributed by atoms with van der Waals surface area (Å²) < 4.78 is 53.1. The maximum Gasteiger partial charge on any atom is 0.306 e. The number of pyridine rings is 1. The number of ether oxygens (including phenoxy) is 4. The zero-order valence-corrected chi connectivity index (χ0v) is 36.9. The van der Waals surface area contributed by atoms with Crippen LogP contribution < -0.4 is 19.5 Å². The van der Waals surface area contributed by atoms with Crippen molar-refractivity contribution in [2.45, 2.75) is 134 Å². The van der Waals surface area contributed by atoms with E-state index in [9.17, 15) is 27.6 Å². The molecule has 6 aliphatic rings. The highest BCUT2D eigenvalue weighted by Gasteiger charge is 2.62. The van der Waals surface area contributed by atoms with Crippen molar-refractivity contribution in [2.24, 2.45) is 28.6 Å². The van der Waals surface area contributed by atoms with E-state index in [1.54, 1.807) is 13.0 Å². The van der Waals surface area contributed by atoms with Gasteiger partial charge in [-0.3, -0.25) is 23.9 Å². The van der Waals surface area contributed by atoms with E-state index in [-0.39, 0.29) is 62.0 Å². The van der Waals surface area contributed by atoms with E-state index in [1.807, 2.05) is 45.0 Å². The van der Waals surface area contributed by atoms with Gasteiger partial charge in [0.05, 0.1) is 52.8 Å². The minimum atomic E-state index is -3.97. The molecular formula is C46H62N4O10S. The fourth-order valence-corrected chi connectivity index (χ4v) is 10.8. The lowest BCUT2D eigenvalue weighted by Gasteiger charge is -2.34. The van der Waals surface area contributed by atoms with Crippen LogP contribution in [0.2, 0.25) is 0 Å². The van der Waals surface area contributed by atoms with Gasteiger partial charge in [-0.05, 0) is 81.3 Å². The van der Waals surface area contributed by atoms with Crippen molar-refractivity contribution in [3.8, 4) is 11.6 Å². The van der Waals surface area contributed by atoms with Gasteiger partial charge in [0.25, 0.3) is 0 Å². The minimum absolute atomic E-state index is 0.0318. The van der Waals surface area contributed by atoms with Crippen molar-refractivity contribution in [1.82, 2.24) is 19.9 Å². The summed E-state index contributed by atoms with van der Waals surface area (Å²) in [5.41, 5.74) is -0.502. The summed E-state index contributed by atoms with van der Waals surface area (Å²) in [5.74, 6) is -1.81. The van der Waals surface area contributed by atoms with Crippen LogP contribution in [0.15, 0.2) is 36.9 Å². The summed E-state index contributed by atoms with van der Waals surface area (Å²) in [5, 5.41) is 4.22. The Kier molecular flexibility index (Phi) is 12.1. The van der Waals surface area contributed by atoms with Gasteiger partial charge < -0.3 is 29.2 Å². The number of carbonyl (C=O) groups excluding carboxylic acids is 4. The van der Waals surface area contributed by atoms with Gasteiger partial charge in [0, 0.05) is 31.3 Å². The predicted molar refractivity (Wildman–Crippen MR) is 227 cm³/mol. The number of allylic oxidation sites excluding steroid dienone is 1. The molecule has 3 aliphatic heterocycles. The molecule has 3 saturated carbocycles. The molecule has 1 aromatic heterocycles. The Morgan fingerprint density at radius 1 is 1.11 bits per heavy atom. The van der Waals surface area contributed by atoms with Crippen molar-refractivity contribution < 1.29 is 46.5 Å². The number of aromatic nitrogens is 1. The number of hydrogen-bond acceptors (Lipinski definition) is 12. The summed E-state index contributed by atoms with van der Waals surface area (Å²) in [6.45, 7) is 13.6. The molecular weight excluding hydrogens is 801 g/mol. The Bertz CT molecular complexity index is 2160. The van der Waals surface area contributed by atoms with E-state index in [4.69, 9.17) is 23.9 Å². The number of Topliss-reactive ketones (excluding diaryl/α,β-unsaturated/α-hetero) is 1. The number of para-hydroxylation sites is 1. The Morgan fingerprint density at radius 2 is 1.90 bits per heavy atom. The van der Waals surface area contributed by atoms with E-state index >= 15 is 0 Å². The number of carbonyl (C=O) groups is 4. The van der Waals surface area contributed by atoms with Gasteiger partial charge in [0.2, 0.25) is 27.7 Å². The summed E-state index contributed by atoms with van der Waals surface area (Å²) in [4.78, 5) is 63.6. The molecule has 61 heavy (non-hydrogen) atoms. The Balaban J connectivity index is 1.14. The number of amides is 2. The SMILES string of the molecule is C=C[C@@H]1C[C@]1(CC(=O)[C@@H]1C[C@@H]2CN1C(=O)[C@H](C(C)(C)C)CC(=O)O[C@@H]1C[C@H]1CCCCCc1c(nc3ccccc3c1OC[C@H]1CNCCO1)O2)C(=O)NS(=O)(=O)C1(C)CC1. The average Bonchev–Trinajstić information content (AvgIpc) is 4.18. The largest absolute Gasteiger partial charge is 0.490 e. The fourth-order valence-electron chi connectivity index (χ4n) is 9.48. The highest BCUT2D eigenvalue weighted by Crippen LogP contribution is 2.57. The van der Waals surface area contributed by atoms with E-state index in [2.05, 4.69) is 16.6 Å². The lowest BCUT2D eigenvalue weighted by molar-refractivity contribution is -0.154. The van der Waals surface area contributed by atoms with Crippen LogP contribution in [0.4, 0.5) is 0 Å². The van der Waals surface area contributed by atoms with Crippen LogP contribution in [0.3, 0.4) is 0 Å². The number of rotatable bonds is 10. The predicted octanol–water partition coefficient (Wildman–Crippen LogP) is 5.20. The molecule has 332 valence electrons. The number of nitrogens with zero attached hydrogens (tertiary/aromatic N) is 2. The molecule has 0 spiro atoms. The van der Waals surface area contributed by atoms with Gasteiger partial charge in [0.15, 0.2) is 5.78 Å². The first-order chi connectivity index (χ1) is 29.0. The third kappa shape index (κ3) is 9.20. The van der Waals surface area contributed by atoms with Gasteiger partial charge in [-0.25, -0.2) is 13.4 Å². The lowest BCUT2D eigenvalue weighted by Crippen LogP contribution is -2.49. The third-order valence-corrected chi connectivity index (χ3v) is 16.2. The third-order valence-electron chi connectivity index (χ3n) is 14.1. The zero-order valence-electron chi connectivity index (χ0n) is 36.0. The average molecular weight is 863 g/mol. The molecule has 1 aromatic carbocycles. The number of ketones is 1. The van der Waals surface area contributed by atoms with Crippen molar-refractivity contribution in [3.63, 3.8) is 0 Å². The Labute approximate surface area is 359 Å². The molecule has 5 fully saturated rings. The number of fused-ring (bicyclic) bond motifs is 5. The maximum atomic E-state index is 14.9. The maximum absolute atomic E-state index is 14.9. The summed E-state index contributed by atoms with van der Waals surface area (Å²) in [7, 11) is -3.97. The molecule has 2 N–H and O–H groups in total. The quantitative estimate of drug-likeness (QED) is 0.236. The highest BCUT2D eigenvalue weighted by molar-refractivity contribution is 7.91. The van der Waals surface area contributed by atoms with Crippen molar-refractivity contribution in [1.29, 1.82) is 0 Å². The summed E-state index contributed by atoms with van der Waals surface area (Å²) >= 11 is 0. The molecule has 8 rings (SSSR count). The molecule has 8 atom stereocenters. The van der Waals surface area contributed by atoms with Crippen LogP contribution in [0.25, 0.3) is 10.9 Å². The van der Waals surface area contributed by atoms with Crippen LogP contribution in [0, 0.1) is 28.6 Å². The molecule has 3 aliphatic carbocycles. The van der Waals surface area contributed by atoms with Gasteiger partial charge in [-0.2, -0.15) is 0 Å². The normalized spacial score (nSPS) is 31.6. The van der Waals surface area contributed by atoms with Gasteiger partial charge >= 0.3 is 5.97 Å². The number of sulfonamides is 1. The second-order valence-corrected chi connectivity index (χ2v) is 21.9. The van der Waals surface area contributed by atoms with Gasteiger partial charge in [-0.15, -0.1) is 6.58 Å². The van der Waals surface area contributed by atoms with E-state index in [0.717, 1.165) is 49.6 Å². The first kappa shape index (κ1) is 43.6. The number of hydrogen-bond donors (Lipinski definition) is 2. The van der Waals surface area contributed by atoms with Crippen molar-refractivity contribution >= 4 is 44.5 Å². The molecule has 2 bridgehead atoms. The van der Waals surface area contributed by atoms with Crippen LogP contribution >= 0.6 is 0 Å². The van der Waals surface area contributed by atoms with Crippen LogP contribution in [0.5, 0.6) is 11.6 Å². The first-order valence-electron chi connectivity index (χ1n) is 22.3. The highest BCUT2D eigenvalue weighted by atomic mass is 32.2. The monoisotopic (exact) mass is 862 g/mol. The Morgan fingerprint density at radius 3 is 2.61 bits per heavy atom. The summed E-state index contributed by atoms with van der Waals surface area (Å²) in [6.07, 6.45) is 6.52. The topological polar surface area (TPSA) is 180 Å². The first-order valence-corrected chi connectivity index (χ1v) is 23.8. The lowest BCUT2D eigenvalue weighted by atomic mass is 9.77. The molecule has 14 nitrogen and oxygen atoms in total. The van der Waals surface area contributed by atoms with E-state index in [0.29, 0.717) is 56.2 Å². The summed E-state index contributed by atoms with van der Waals surface area (Å²) in [6, 6.07) is 6.75. The van der Waals surface area contributed by atoms with Crippen LogP contribution in [-0.2, 0) is 45.1 Å². The van der Waals surface area contributed by atoms with Gasteiger partial charge in [0.1, 0.15) is 30.7 Å². The van der Waals surface area contributed by atoms with Crippen molar-refractivity contribution in [3.05, 3.63) is 42.5 Å². The second-order valence-electron chi connectivity index (χ2n) is 19.7. The molecule has 15 heteroatoms. The Hall–Kier alpha value is -4.08. The van der Waals surface area contributed by atoms with E-state index < -0.39 is 61.5 Å². The minimum Gasteiger partial charge on any atom is -0.490 e. The smallest absolute Gasteiger partial charge is 0.306 e. The molecule has 0 unspecified atom stereocenters. The van der Waals surface area contributed by atoms with Crippen LogP contribution in [-0.4, -0.2) is 104 Å². The zero-order chi connectivity index (χ0) is 43.3. The molecule has 4 heterocycles. The number of benzene rings is 1. The second kappa shape index (κ2) is 16.9. The van der Waals surface area contributed by atoms with Crippen molar-refractivity contribution in [2.75, 3.05) is 32.8 Å². The number of esters is 1. The molecule has 0 radical (unpaired) electrons. The molecule has 2 saturated heterocycles. The number of morpholine rings is 1. The van der Waals surface area contributed by atoms with Gasteiger partial charge in [-0.1, -0.05) is 51.8 Å².